The maximum atomic E-state index is 5.97. The lowest BCUT2D eigenvalue weighted by Crippen LogP contribution is -2.39. The highest BCUT2D eigenvalue weighted by Gasteiger charge is 2.18. The van der Waals surface area contributed by atoms with Gasteiger partial charge in [0.25, 0.3) is 0 Å². The van der Waals surface area contributed by atoms with Crippen LogP contribution >= 0.6 is 15.9 Å². The van der Waals surface area contributed by atoms with E-state index in [0.717, 1.165) is 13.0 Å². The van der Waals surface area contributed by atoms with E-state index in [1.807, 2.05) is 6.07 Å². The van der Waals surface area contributed by atoms with Gasteiger partial charge in [-0.3, -0.25) is 0 Å². The highest BCUT2D eigenvalue weighted by molar-refractivity contribution is 9.10. The summed E-state index contributed by atoms with van der Waals surface area (Å²) in [5, 5.41) is 3.60. The van der Waals surface area contributed by atoms with Crippen LogP contribution in [-0.4, -0.2) is 12.1 Å². The minimum absolute atomic E-state index is 0.394. The summed E-state index contributed by atoms with van der Waals surface area (Å²) in [6, 6.07) is 9.35. The Morgan fingerprint density at radius 3 is 2.88 bits per heavy atom. The number of rotatable bonds is 3. The molecule has 2 unspecified atom stereocenters. The number of halogens is 1. The number of benzene rings is 1. The standard InChI is InChI=1S/C13H19BrN2/c14-13-7-2-1-4-10(13)9-16-12-6-3-5-11(15)8-12/h1-2,4,7,11-12,16H,3,5-6,8-9,15H2. The zero-order chi connectivity index (χ0) is 11.4. The molecule has 2 atom stereocenters. The third-order valence-electron chi connectivity index (χ3n) is 3.25. The fourth-order valence-electron chi connectivity index (χ4n) is 2.31. The molecule has 1 aliphatic carbocycles. The molecule has 0 aromatic heterocycles. The van der Waals surface area contributed by atoms with Gasteiger partial charge in [0.15, 0.2) is 0 Å². The third kappa shape index (κ3) is 3.30. The van der Waals surface area contributed by atoms with E-state index < -0.39 is 0 Å². The molecule has 1 fully saturated rings. The zero-order valence-electron chi connectivity index (χ0n) is 9.45. The van der Waals surface area contributed by atoms with Gasteiger partial charge in [-0.05, 0) is 30.9 Å². The summed E-state index contributed by atoms with van der Waals surface area (Å²) in [5.41, 5.74) is 7.30. The highest BCUT2D eigenvalue weighted by atomic mass is 79.9. The first-order valence-corrected chi connectivity index (χ1v) is 6.77. The molecule has 2 rings (SSSR count). The Morgan fingerprint density at radius 2 is 2.12 bits per heavy atom. The van der Waals surface area contributed by atoms with Crippen molar-refractivity contribution in [2.24, 2.45) is 5.73 Å². The molecule has 0 amide bonds. The molecule has 0 spiro atoms. The van der Waals surface area contributed by atoms with Crippen LogP contribution in [0, 0.1) is 0 Å². The van der Waals surface area contributed by atoms with E-state index in [1.54, 1.807) is 0 Å². The fraction of sp³-hybridized carbons (Fsp3) is 0.538. The van der Waals surface area contributed by atoms with E-state index in [2.05, 4.69) is 39.4 Å². The SMILES string of the molecule is NC1CCCC(NCc2ccccc2Br)C1. The number of hydrogen-bond donors (Lipinski definition) is 2. The summed E-state index contributed by atoms with van der Waals surface area (Å²) in [6.07, 6.45) is 4.82. The monoisotopic (exact) mass is 282 g/mol. The molecule has 88 valence electrons. The molecule has 0 saturated heterocycles. The van der Waals surface area contributed by atoms with E-state index in [9.17, 15) is 0 Å². The molecule has 1 saturated carbocycles. The number of hydrogen-bond acceptors (Lipinski definition) is 2. The van der Waals surface area contributed by atoms with Crippen molar-refractivity contribution < 1.29 is 0 Å². The van der Waals surface area contributed by atoms with Crippen LogP contribution in [0.5, 0.6) is 0 Å². The van der Waals surface area contributed by atoms with Crippen molar-refractivity contribution in [1.82, 2.24) is 5.32 Å². The molecule has 0 bridgehead atoms. The second kappa shape index (κ2) is 5.80. The van der Waals surface area contributed by atoms with Gasteiger partial charge in [-0.2, -0.15) is 0 Å². The lowest BCUT2D eigenvalue weighted by Gasteiger charge is -2.27. The van der Waals surface area contributed by atoms with Gasteiger partial charge in [-0.1, -0.05) is 40.5 Å². The summed E-state index contributed by atoms with van der Waals surface area (Å²) in [4.78, 5) is 0. The van der Waals surface area contributed by atoms with E-state index in [-0.39, 0.29) is 0 Å². The molecule has 1 aliphatic rings. The highest BCUT2D eigenvalue weighted by Crippen LogP contribution is 2.19. The molecule has 0 radical (unpaired) electrons. The van der Waals surface area contributed by atoms with Crippen molar-refractivity contribution >= 4 is 15.9 Å². The fourth-order valence-corrected chi connectivity index (χ4v) is 2.73. The van der Waals surface area contributed by atoms with Crippen molar-refractivity contribution in [3.8, 4) is 0 Å². The number of nitrogens with one attached hydrogen (secondary N) is 1. The third-order valence-corrected chi connectivity index (χ3v) is 4.03. The van der Waals surface area contributed by atoms with E-state index >= 15 is 0 Å². The first kappa shape index (κ1) is 12.1. The minimum Gasteiger partial charge on any atom is -0.328 e. The minimum atomic E-state index is 0.394. The maximum Gasteiger partial charge on any atom is 0.0220 e. The summed E-state index contributed by atoms with van der Waals surface area (Å²) < 4.78 is 1.18. The Bertz CT molecular complexity index is 340. The van der Waals surface area contributed by atoms with Gasteiger partial charge >= 0.3 is 0 Å². The summed E-state index contributed by atoms with van der Waals surface area (Å²) in [5.74, 6) is 0. The van der Waals surface area contributed by atoms with Crippen molar-refractivity contribution in [2.45, 2.75) is 44.3 Å². The average Bonchev–Trinajstić information content (AvgIpc) is 2.28. The Balaban J connectivity index is 1.85. The van der Waals surface area contributed by atoms with Gasteiger partial charge in [0.2, 0.25) is 0 Å². The first-order chi connectivity index (χ1) is 7.75. The molecule has 16 heavy (non-hydrogen) atoms. The molecule has 1 aromatic carbocycles. The summed E-state index contributed by atoms with van der Waals surface area (Å²) in [6.45, 7) is 0.929. The molecule has 3 N–H and O–H groups in total. The Labute approximate surface area is 106 Å². The van der Waals surface area contributed by atoms with Gasteiger partial charge in [-0.25, -0.2) is 0 Å². The predicted octanol–water partition coefficient (Wildman–Crippen LogP) is 2.81. The van der Waals surface area contributed by atoms with Crippen LogP contribution in [0.4, 0.5) is 0 Å². The smallest absolute Gasteiger partial charge is 0.0220 e. The second-order valence-corrected chi connectivity index (χ2v) is 5.45. The summed E-state index contributed by atoms with van der Waals surface area (Å²) >= 11 is 3.57. The van der Waals surface area contributed by atoms with Crippen LogP contribution in [0.1, 0.15) is 31.2 Å². The van der Waals surface area contributed by atoms with Crippen LogP contribution in [0.3, 0.4) is 0 Å². The van der Waals surface area contributed by atoms with Crippen molar-refractivity contribution in [3.63, 3.8) is 0 Å². The lowest BCUT2D eigenvalue weighted by atomic mass is 9.91. The van der Waals surface area contributed by atoms with Crippen LogP contribution in [0.15, 0.2) is 28.7 Å². The second-order valence-electron chi connectivity index (χ2n) is 4.60. The van der Waals surface area contributed by atoms with Crippen molar-refractivity contribution in [3.05, 3.63) is 34.3 Å². The molecule has 2 nitrogen and oxygen atoms in total. The summed E-state index contributed by atoms with van der Waals surface area (Å²) in [7, 11) is 0. The van der Waals surface area contributed by atoms with Crippen LogP contribution in [-0.2, 0) is 6.54 Å². The maximum absolute atomic E-state index is 5.97. The lowest BCUT2D eigenvalue weighted by molar-refractivity contribution is 0.338. The zero-order valence-corrected chi connectivity index (χ0v) is 11.0. The first-order valence-electron chi connectivity index (χ1n) is 5.98. The van der Waals surface area contributed by atoms with E-state index in [4.69, 9.17) is 5.73 Å². The Hall–Kier alpha value is -0.380. The van der Waals surface area contributed by atoms with E-state index in [1.165, 1.54) is 29.3 Å². The van der Waals surface area contributed by atoms with E-state index in [0.29, 0.717) is 12.1 Å². The molecule has 1 aromatic rings. The normalized spacial score (nSPS) is 25.6. The van der Waals surface area contributed by atoms with Crippen LogP contribution < -0.4 is 11.1 Å². The quantitative estimate of drug-likeness (QED) is 0.895. The number of nitrogens with two attached hydrogens (primary N) is 1. The predicted molar refractivity (Wildman–Crippen MR) is 71.2 cm³/mol. The Kier molecular flexibility index (Phi) is 4.38. The van der Waals surface area contributed by atoms with Gasteiger partial charge in [0.1, 0.15) is 0 Å². The van der Waals surface area contributed by atoms with Gasteiger partial charge in [-0.15, -0.1) is 0 Å². The van der Waals surface area contributed by atoms with Crippen LogP contribution in [0.25, 0.3) is 0 Å². The van der Waals surface area contributed by atoms with Gasteiger partial charge in [0, 0.05) is 23.1 Å². The molecular formula is C13H19BrN2. The average molecular weight is 283 g/mol. The molecule has 3 heteroatoms. The largest absolute Gasteiger partial charge is 0.328 e. The topological polar surface area (TPSA) is 38.0 Å². The molecule has 0 aliphatic heterocycles. The van der Waals surface area contributed by atoms with Crippen LogP contribution in [0.2, 0.25) is 0 Å². The molecule has 0 heterocycles. The molecular weight excluding hydrogens is 264 g/mol. The van der Waals surface area contributed by atoms with Gasteiger partial charge < -0.3 is 11.1 Å². The van der Waals surface area contributed by atoms with Crippen molar-refractivity contribution in [2.75, 3.05) is 0 Å². The van der Waals surface area contributed by atoms with Gasteiger partial charge in [0.05, 0.1) is 0 Å². The Morgan fingerprint density at radius 1 is 1.31 bits per heavy atom. The van der Waals surface area contributed by atoms with Crippen molar-refractivity contribution in [1.29, 1.82) is 0 Å².